The Morgan fingerprint density at radius 3 is 3.06 bits per heavy atom. The van der Waals surface area contributed by atoms with Crippen molar-refractivity contribution in [2.45, 2.75) is 58.1 Å². The molecule has 0 radical (unpaired) electrons. The monoisotopic (exact) mass is 222 g/mol. The third-order valence-corrected chi connectivity index (χ3v) is 4.02. The fourth-order valence-corrected chi connectivity index (χ4v) is 3.01. The lowest BCUT2D eigenvalue weighted by molar-refractivity contribution is -0.000927. The minimum absolute atomic E-state index is 0.453. The highest BCUT2D eigenvalue weighted by atomic mass is 16.3. The van der Waals surface area contributed by atoms with Crippen molar-refractivity contribution in [2.75, 3.05) is 0 Å². The standard InChI is InChI=1S/C13H22N2O/c1-3-11-6-5-7-13(11,16)10-12-14-8-9-15(12)4-2/h8-9,11,16H,3-7,10H2,1-2H3. The van der Waals surface area contributed by atoms with Crippen LogP contribution in [0.2, 0.25) is 0 Å². The molecule has 0 amide bonds. The van der Waals surface area contributed by atoms with E-state index in [1.54, 1.807) is 0 Å². The predicted molar refractivity (Wildman–Crippen MR) is 64.2 cm³/mol. The molecule has 16 heavy (non-hydrogen) atoms. The molecule has 1 aromatic heterocycles. The Labute approximate surface area is 97.5 Å². The molecule has 90 valence electrons. The van der Waals surface area contributed by atoms with Gasteiger partial charge in [-0.15, -0.1) is 0 Å². The van der Waals surface area contributed by atoms with Crippen LogP contribution in [0.25, 0.3) is 0 Å². The zero-order valence-electron chi connectivity index (χ0n) is 10.3. The molecule has 0 aromatic carbocycles. The molecular weight excluding hydrogens is 200 g/mol. The van der Waals surface area contributed by atoms with Crippen molar-refractivity contribution in [3.63, 3.8) is 0 Å². The quantitative estimate of drug-likeness (QED) is 0.849. The van der Waals surface area contributed by atoms with E-state index in [0.717, 1.165) is 31.6 Å². The van der Waals surface area contributed by atoms with E-state index in [-0.39, 0.29) is 0 Å². The number of aryl methyl sites for hydroxylation is 1. The molecular formula is C13H22N2O. The van der Waals surface area contributed by atoms with Gasteiger partial charge < -0.3 is 9.67 Å². The Balaban J connectivity index is 2.14. The number of rotatable bonds is 4. The minimum Gasteiger partial charge on any atom is -0.389 e. The highest BCUT2D eigenvalue weighted by molar-refractivity contribution is 5.03. The molecule has 1 fully saturated rings. The summed E-state index contributed by atoms with van der Waals surface area (Å²) >= 11 is 0. The minimum atomic E-state index is -0.507. The van der Waals surface area contributed by atoms with Crippen LogP contribution in [0.4, 0.5) is 0 Å². The van der Waals surface area contributed by atoms with Gasteiger partial charge in [0.05, 0.1) is 5.60 Å². The summed E-state index contributed by atoms with van der Waals surface area (Å²) in [4.78, 5) is 4.37. The van der Waals surface area contributed by atoms with Crippen LogP contribution in [0, 0.1) is 5.92 Å². The van der Waals surface area contributed by atoms with Crippen LogP contribution in [-0.2, 0) is 13.0 Å². The molecule has 0 spiro atoms. The third-order valence-electron chi connectivity index (χ3n) is 4.02. The maximum atomic E-state index is 10.7. The van der Waals surface area contributed by atoms with Gasteiger partial charge in [-0.05, 0) is 25.7 Å². The van der Waals surface area contributed by atoms with Gasteiger partial charge in [0.25, 0.3) is 0 Å². The zero-order valence-corrected chi connectivity index (χ0v) is 10.3. The first kappa shape index (κ1) is 11.6. The molecule has 2 rings (SSSR count). The van der Waals surface area contributed by atoms with Gasteiger partial charge in [-0.3, -0.25) is 0 Å². The Bertz CT molecular complexity index is 347. The van der Waals surface area contributed by atoms with E-state index in [0.29, 0.717) is 12.3 Å². The lowest BCUT2D eigenvalue weighted by Gasteiger charge is -2.29. The molecule has 1 aliphatic carbocycles. The molecule has 0 saturated heterocycles. The van der Waals surface area contributed by atoms with E-state index in [9.17, 15) is 5.11 Å². The molecule has 0 bridgehead atoms. The van der Waals surface area contributed by atoms with Gasteiger partial charge in [0.15, 0.2) is 0 Å². The van der Waals surface area contributed by atoms with E-state index in [4.69, 9.17) is 0 Å². The van der Waals surface area contributed by atoms with Gasteiger partial charge in [-0.1, -0.05) is 19.8 Å². The maximum absolute atomic E-state index is 10.7. The first-order valence-corrected chi connectivity index (χ1v) is 6.42. The molecule has 3 nitrogen and oxygen atoms in total. The first-order valence-electron chi connectivity index (χ1n) is 6.42. The van der Waals surface area contributed by atoms with Crippen LogP contribution in [-0.4, -0.2) is 20.3 Å². The molecule has 2 atom stereocenters. The van der Waals surface area contributed by atoms with E-state index in [1.165, 1.54) is 6.42 Å². The van der Waals surface area contributed by atoms with Crippen molar-refractivity contribution < 1.29 is 5.11 Å². The normalized spacial score (nSPS) is 29.8. The Hall–Kier alpha value is -0.830. The van der Waals surface area contributed by atoms with Gasteiger partial charge in [-0.25, -0.2) is 4.98 Å². The number of aliphatic hydroxyl groups is 1. The SMILES string of the molecule is CCC1CCCC1(O)Cc1nccn1CC. The number of aromatic nitrogens is 2. The van der Waals surface area contributed by atoms with Gasteiger partial charge in [-0.2, -0.15) is 0 Å². The summed E-state index contributed by atoms with van der Waals surface area (Å²) in [7, 11) is 0. The van der Waals surface area contributed by atoms with Crippen LogP contribution >= 0.6 is 0 Å². The predicted octanol–water partition coefficient (Wildman–Crippen LogP) is 2.39. The molecule has 1 aromatic rings. The third kappa shape index (κ3) is 2.01. The highest BCUT2D eigenvalue weighted by Gasteiger charge is 2.40. The molecule has 3 heteroatoms. The van der Waals surface area contributed by atoms with Crippen LogP contribution < -0.4 is 0 Å². The summed E-state index contributed by atoms with van der Waals surface area (Å²) in [5.74, 6) is 1.49. The molecule has 1 aliphatic rings. The van der Waals surface area contributed by atoms with Crippen LogP contribution in [0.5, 0.6) is 0 Å². The average Bonchev–Trinajstić information content (AvgIpc) is 2.85. The van der Waals surface area contributed by atoms with E-state index < -0.39 is 5.60 Å². The number of hydrogen-bond donors (Lipinski definition) is 1. The smallest absolute Gasteiger partial charge is 0.111 e. The second kappa shape index (κ2) is 4.58. The van der Waals surface area contributed by atoms with Crippen molar-refractivity contribution in [3.8, 4) is 0 Å². The van der Waals surface area contributed by atoms with Crippen LogP contribution in [0.1, 0.15) is 45.4 Å². The van der Waals surface area contributed by atoms with Crippen molar-refractivity contribution in [3.05, 3.63) is 18.2 Å². The topological polar surface area (TPSA) is 38.1 Å². The molecule has 0 aliphatic heterocycles. The van der Waals surface area contributed by atoms with Crippen molar-refractivity contribution in [1.29, 1.82) is 0 Å². The molecule has 1 N–H and O–H groups in total. The van der Waals surface area contributed by atoms with Gasteiger partial charge in [0.1, 0.15) is 5.82 Å². The fraction of sp³-hybridized carbons (Fsp3) is 0.769. The fourth-order valence-electron chi connectivity index (χ4n) is 3.01. The summed E-state index contributed by atoms with van der Waals surface area (Å²) < 4.78 is 2.13. The summed E-state index contributed by atoms with van der Waals surface area (Å²) in [5, 5.41) is 10.7. The van der Waals surface area contributed by atoms with E-state index in [2.05, 4.69) is 23.4 Å². The molecule has 1 saturated carbocycles. The Morgan fingerprint density at radius 2 is 2.38 bits per heavy atom. The van der Waals surface area contributed by atoms with Gasteiger partial charge >= 0.3 is 0 Å². The maximum Gasteiger partial charge on any atom is 0.111 e. The summed E-state index contributed by atoms with van der Waals surface area (Å²) in [6.45, 7) is 5.22. The lowest BCUT2D eigenvalue weighted by atomic mass is 9.85. The second-order valence-electron chi connectivity index (χ2n) is 4.91. The van der Waals surface area contributed by atoms with Crippen molar-refractivity contribution in [1.82, 2.24) is 9.55 Å². The number of hydrogen-bond acceptors (Lipinski definition) is 2. The molecule has 2 unspecified atom stereocenters. The van der Waals surface area contributed by atoms with Crippen molar-refractivity contribution in [2.24, 2.45) is 5.92 Å². The summed E-state index contributed by atoms with van der Waals surface area (Å²) in [6.07, 6.45) is 8.87. The second-order valence-corrected chi connectivity index (χ2v) is 4.91. The average molecular weight is 222 g/mol. The Morgan fingerprint density at radius 1 is 1.56 bits per heavy atom. The first-order chi connectivity index (χ1) is 7.69. The van der Waals surface area contributed by atoms with E-state index >= 15 is 0 Å². The van der Waals surface area contributed by atoms with E-state index in [1.807, 2.05) is 12.4 Å². The number of nitrogens with zero attached hydrogens (tertiary/aromatic N) is 2. The van der Waals surface area contributed by atoms with Crippen molar-refractivity contribution >= 4 is 0 Å². The lowest BCUT2D eigenvalue weighted by Crippen LogP contribution is -2.36. The summed E-state index contributed by atoms with van der Waals surface area (Å²) in [5.41, 5.74) is -0.507. The van der Waals surface area contributed by atoms with Gasteiger partial charge in [0.2, 0.25) is 0 Å². The number of imidazole rings is 1. The Kier molecular flexibility index (Phi) is 3.33. The summed E-state index contributed by atoms with van der Waals surface area (Å²) in [6, 6.07) is 0. The highest BCUT2D eigenvalue weighted by Crippen LogP contribution is 2.39. The van der Waals surface area contributed by atoms with Gasteiger partial charge in [0, 0.05) is 25.4 Å². The zero-order chi connectivity index (χ0) is 11.6. The molecule has 1 heterocycles. The largest absolute Gasteiger partial charge is 0.389 e. The van der Waals surface area contributed by atoms with Crippen LogP contribution in [0.15, 0.2) is 12.4 Å². The van der Waals surface area contributed by atoms with Crippen LogP contribution in [0.3, 0.4) is 0 Å².